The highest BCUT2D eigenvalue weighted by Gasteiger charge is 2.35. The highest BCUT2D eigenvalue weighted by atomic mass is 32.2. The van der Waals surface area contributed by atoms with Crippen LogP contribution in [0.15, 0.2) is 36.5 Å². The molecule has 2 heterocycles. The molecule has 128 valence electrons. The Bertz CT molecular complexity index is 843. The number of carbonyl (C=O) groups excluding carboxylic acids is 1. The highest BCUT2D eigenvalue weighted by molar-refractivity contribution is 7.91. The van der Waals surface area contributed by atoms with Crippen LogP contribution in [-0.2, 0) is 9.84 Å². The molecule has 0 aliphatic carbocycles. The van der Waals surface area contributed by atoms with Gasteiger partial charge in [0, 0.05) is 24.2 Å². The summed E-state index contributed by atoms with van der Waals surface area (Å²) < 4.78 is 23.7. The zero-order chi connectivity index (χ0) is 17.2. The van der Waals surface area contributed by atoms with Gasteiger partial charge >= 0.3 is 0 Å². The van der Waals surface area contributed by atoms with Gasteiger partial charge in [0.05, 0.1) is 22.6 Å². The van der Waals surface area contributed by atoms with Crippen molar-refractivity contribution in [1.82, 2.24) is 9.88 Å². The molecule has 1 amide bonds. The fourth-order valence-electron chi connectivity index (χ4n) is 3.24. The van der Waals surface area contributed by atoms with Gasteiger partial charge in [-0.05, 0) is 25.0 Å². The third-order valence-corrected chi connectivity index (χ3v) is 6.29. The molecule has 0 radical (unpaired) electrons. The maximum Gasteiger partial charge on any atom is 0.254 e. The van der Waals surface area contributed by atoms with Crippen molar-refractivity contribution in [3.63, 3.8) is 0 Å². The second-order valence-electron chi connectivity index (χ2n) is 6.28. The highest BCUT2D eigenvalue weighted by Crippen LogP contribution is 2.23. The summed E-state index contributed by atoms with van der Waals surface area (Å²) in [5.74, 6) is 0.153. The minimum atomic E-state index is -3.03. The first-order valence-electron chi connectivity index (χ1n) is 8.37. The summed E-state index contributed by atoms with van der Waals surface area (Å²) >= 11 is 0. The molecule has 1 atom stereocenters. The van der Waals surface area contributed by atoms with Gasteiger partial charge in [0.25, 0.3) is 5.91 Å². The Balaban J connectivity index is 1.96. The van der Waals surface area contributed by atoms with E-state index in [9.17, 15) is 13.2 Å². The van der Waals surface area contributed by atoms with Gasteiger partial charge in [-0.25, -0.2) is 8.42 Å². The third kappa shape index (κ3) is 3.43. The lowest BCUT2D eigenvalue weighted by molar-refractivity contribution is 0.0696. The van der Waals surface area contributed by atoms with Crippen molar-refractivity contribution in [1.29, 1.82) is 0 Å². The Morgan fingerprint density at radius 1 is 1.29 bits per heavy atom. The summed E-state index contributed by atoms with van der Waals surface area (Å²) in [7, 11) is -3.03. The molecule has 1 unspecified atom stereocenters. The van der Waals surface area contributed by atoms with E-state index in [2.05, 4.69) is 11.9 Å². The number of aromatic nitrogens is 1. The molecule has 0 saturated carbocycles. The molecule has 2 aromatic rings. The minimum absolute atomic E-state index is 0.0749. The van der Waals surface area contributed by atoms with Gasteiger partial charge in [-0.15, -0.1) is 0 Å². The van der Waals surface area contributed by atoms with E-state index in [-0.39, 0.29) is 23.5 Å². The SMILES string of the molecule is CCCCN(C(=O)c1ccnc2ccccc12)C1CCS(=O)(=O)C1. The van der Waals surface area contributed by atoms with Crippen LogP contribution in [0, 0.1) is 0 Å². The first kappa shape index (κ1) is 16.9. The van der Waals surface area contributed by atoms with Gasteiger partial charge in [-0.3, -0.25) is 9.78 Å². The predicted octanol–water partition coefficient (Wildman–Crippen LogP) is 2.66. The quantitative estimate of drug-likeness (QED) is 0.835. The van der Waals surface area contributed by atoms with Crippen LogP contribution in [0.1, 0.15) is 36.5 Å². The van der Waals surface area contributed by atoms with Crippen LogP contribution in [0.2, 0.25) is 0 Å². The fraction of sp³-hybridized carbons (Fsp3) is 0.444. The van der Waals surface area contributed by atoms with Crippen LogP contribution in [0.4, 0.5) is 0 Å². The number of hydrogen-bond donors (Lipinski definition) is 0. The number of hydrogen-bond acceptors (Lipinski definition) is 4. The molecule has 1 aromatic heterocycles. The number of unbranched alkanes of at least 4 members (excludes halogenated alkanes) is 1. The van der Waals surface area contributed by atoms with Gasteiger partial charge in [0.15, 0.2) is 9.84 Å². The van der Waals surface area contributed by atoms with Crippen LogP contribution >= 0.6 is 0 Å². The minimum Gasteiger partial charge on any atom is -0.335 e. The van der Waals surface area contributed by atoms with Crippen molar-refractivity contribution in [3.8, 4) is 0 Å². The Hall–Kier alpha value is -1.95. The smallest absolute Gasteiger partial charge is 0.254 e. The lowest BCUT2D eigenvalue weighted by atomic mass is 10.1. The second-order valence-corrected chi connectivity index (χ2v) is 8.51. The molecule has 0 bridgehead atoms. The van der Waals surface area contributed by atoms with Crippen LogP contribution in [0.5, 0.6) is 0 Å². The van der Waals surface area contributed by atoms with Crippen molar-refractivity contribution in [2.75, 3.05) is 18.1 Å². The number of fused-ring (bicyclic) bond motifs is 1. The van der Waals surface area contributed by atoms with Gasteiger partial charge in [-0.2, -0.15) is 0 Å². The molecule has 0 N–H and O–H groups in total. The van der Waals surface area contributed by atoms with E-state index < -0.39 is 9.84 Å². The molecule has 24 heavy (non-hydrogen) atoms. The Morgan fingerprint density at radius 3 is 2.79 bits per heavy atom. The number of amides is 1. The van der Waals surface area contributed by atoms with E-state index in [4.69, 9.17) is 0 Å². The first-order valence-corrected chi connectivity index (χ1v) is 10.2. The summed E-state index contributed by atoms with van der Waals surface area (Å²) in [5, 5.41) is 0.812. The average Bonchev–Trinajstić information content (AvgIpc) is 2.94. The fourth-order valence-corrected chi connectivity index (χ4v) is 4.97. The Labute approximate surface area is 142 Å². The van der Waals surface area contributed by atoms with Gasteiger partial charge in [-0.1, -0.05) is 31.5 Å². The predicted molar refractivity (Wildman–Crippen MR) is 94.7 cm³/mol. The number of para-hydroxylation sites is 1. The van der Waals surface area contributed by atoms with Crippen molar-refractivity contribution < 1.29 is 13.2 Å². The van der Waals surface area contributed by atoms with Gasteiger partial charge < -0.3 is 4.90 Å². The number of sulfone groups is 1. The lowest BCUT2D eigenvalue weighted by Crippen LogP contribution is -2.41. The summed E-state index contributed by atoms with van der Waals surface area (Å²) in [6.45, 7) is 2.65. The first-order chi connectivity index (χ1) is 11.5. The molecule has 1 aliphatic heterocycles. The summed E-state index contributed by atoms with van der Waals surface area (Å²) in [4.78, 5) is 19.2. The molecular weight excluding hydrogens is 324 g/mol. The molecule has 1 fully saturated rings. The number of nitrogens with zero attached hydrogens (tertiary/aromatic N) is 2. The molecule has 1 saturated heterocycles. The number of pyridine rings is 1. The Kier molecular flexibility index (Phi) is 4.85. The second kappa shape index (κ2) is 6.89. The molecule has 1 aromatic carbocycles. The van der Waals surface area contributed by atoms with Gasteiger partial charge in [0.2, 0.25) is 0 Å². The number of rotatable bonds is 5. The van der Waals surface area contributed by atoms with Gasteiger partial charge in [0.1, 0.15) is 0 Å². The van der Waals surface area contributed by atoms with Crippen molar-refractivity contribution in [3.05, 3.63) is 42.1 Å². The maximum atomic E-state index is 13.2. The third-order valence-electron chi connectivity index (χ3n) is 4.54. The van der Waals surface area contributed by atoms with E-state index in [1.807, 2.05) is 24.3 Å². The van der Waals surface area contributed by atoms with Crippen LogP contribution < -0.4 is 0 Å². The lowest BCUT2D eigenvalue weighted by Gasteiger charge is -2.28. The normalized spacial score (nSPS) is 19.5. The van der Waals surface area contributed by atoms with Crippen LogP contribution in [0.25, 0.3) is 10.9 Å². The topological polar surface area (TPSA) is 67.3 Å². The molecular formula is C18H22N2O3S. The molecule has 0 spiro atoms. The van der Waals surface area contributed by atoms with E-state index in [0.29, 0.717) is 18.5 Å². The molecule has 6 heteroatoms. The summed E-state index contributed by atoms with van der Waals surface area (Å²) in [6, 6.07) is 9.05. The van der Waals surface area contributed by atoms with E-state index in [0.717, 1.165) is 23.7 Å². The summed E-state index contributed by atoms with van der Waals surface area (Å²) in [6.07, 6.45) is 3.99. The standard InChI is InChI=1S/C18H22N2O3S/c1-2-3-11-20(14-9-12-24(22,23)13-14)18(21)16-8-10-19-17-7-5-4-6-15(16)17/h4-8,10,14H,2-3,9,11-13H2,1H3. The van der Waals surface area contributed by atoms with Crippen LogP contribution in [0.3, 0.4) is 0 Å². The number of benzene rings is 1. The Morgan fingerprint density at radius 2 is 2.08 bits per heavy atom. The summed E-state index contributed by atoms with van der Waals surface area (Å²) in [5.41, 5.74) is 1.37. The number of carbonyl (C=O) groups is 1. The molecule has 3 rings (SSSR count). The van der Waals surface area contributed by atoms with E-state index >= 15 is 0 Å². The van der Waals surface area contributed by atoms with Crippen molar-refractivity contribution >= 4 is 26.6 Å². The van der Waals surface area contributed by atoms with Crippen molar-refractivity contribution in [2.45, 2.75) is 32.2 Å². The molecule has 5 nitrogen and oxygen atoms in total. The molecule has 1 aliphatic rings. The maximum absolute atomic E-state index is 13.2. The largest absolute Gasteiger partial charge is 0.335 e. The zero-order valence-electron chi connectivity index (χ0n) is 13.8. The van der Waals surface area contributed by atoms with Crippen LogP contribution in [-0.4, -0.2) is 48.3 Å². The zero-order valence-corrected chi connectivity index (χ0v) is 14.6. The van der Waals surface area contributed by atoms with E-state index in [1.54, 1.807) is 17.2 Å². The average molecular weight is 346 g/mol. The van der Waals surface area contributed by atoms with E-state index in [1.165, 1.54) is 0 Å². The monoisotopic (exact) mass is 346 g/mol. The van der Waals surface area contributed by atoms with Crippen molar-refractivity contribution in [2.24, 2.45) is 0 Å².